The molecule has 0 saturated heterocycles. The van der Waals surface area contributed by atoms with Gasteiger partial charge in [-0.3, -0.25) is 4.79 Å². The summed E-state index contributed by atoms with van der Waals surface area (Å²) in [5.74, 6) is 0.446. The number of hydrogen-bond acceptors (Lipinski definition) is 3. The zero-order valence-electron chi connectivity index (χ0n) is 13.3. The Morgan fingerprint density at radius 2 is 2.24 bits per heavy atom. The highest BCUT2D eigenvalue weighted by atomic mass is 16.5. The van der Waals surface area contributed by atoms with Gasteiger partial charge in [-0.25, -0.2) is 0 Å². The summed E-state index contributed by atoms with van der Waals surface area (Å²) in [4.78, 5) is 14.6. The SMILES string of the molecule is CNC1CCCN(C(=O)CC(C)COC)c2ccccc21. The van der Waals surface area contributed by atoms with Gasteiger partial charge in [-0.05, 0) is 37.4 Å². The van der Waals surface area contributed by atoms with Crippen molar-refractivity contribution in [2.45, 2.75) is 32.2 Å². The highest BCUT2D eigenvalue weighted by Crippen LogP contribution is 2.33. The van der Waals surface area contributed by atoms with E-state index in [9.17, 15) is 4.79 Å². The number of ether oxygens (including phenoxy) is 1. The summed E-state index contributed by atoms with van der Waals surface area (Å²) < 4.78 is 5.14. The molecule has 4 heteroatoms. The smallest absolute Gasteiger partial charge is 0.227 e. The standard InChI is InChI=1S/C17H26N2O2/c1-13(12-21-3)11-17(20)19-10-6-8-15(18-2)14-7-4-5-9-16(14)19/h4-5,7,9,13,15,18H,6,8,10-12H2,1-3H3. The minimum absolute atomic E-state index is 0.198. The fourth-order valence-electron chi connectivity index (χ4n) is 3.07. The lowest BCUT2D eigenvalue weighted by molar-refractivity contribution is -0.119. The molecule has 0 aromatic heterocycles. The van der Waals surface area contributed by atoms with Gasteiger partial charge in [0.15, 0.2) is 0 Å². The first kappa shape index (κ1) is 16.0. The second-order valence-corrected chi connectivity index (χ2v) is 5.85. The van der Waals surface area contributed by atoms with Crippen LogP contribution in [0.15, 0.2) is 24.3 Å². The maximum absolute atomic E-state index is 12.6. The van der Waals surface area contributed by atoms with Gasteiger partial charge in [0.05, 0.1) is 0 Å². The number of carbonyl (C=O) groups is 1. The van der Waals surface area contributed by atoms with E-state index >= 15 is 0 Å². The number of amides is 1. The van der Waals surface area contributed by atoms with Crippen LogP contribution >= 0.6 is 0 Å². The van der Waals surface area contributed by atoms with Crippen LogP contribution in [0.5, 0.6) is 0 Å². The summed E-state index contributed by atoms with van der Waals surface area (Å²) in [7, 11) is 3.67. The quantitative estimate of drug-likeness (QED) is 0.906. The number of para-hydroxylation sites is 1. The summed E-state index contributed by atoms with van der Waals surface area (Å²) >= 11 is 0. The van der Waals surface area contributed by atoms with Crippen molar-refractivity contribution in [2.75, 3.05) is 32.2 Å². The van der Waals surface area contributed by atoms with E-state index in [0.717, 1.165) is 25.1 Å². The molecule has 0 aliphatic carbocycles. The Balaban J connectivity index is 2.21. The summed E-state index contributed by atoms with van der Waals surface area (Å²) in [5, 5.41) is 3.36. The maximum atomic E-state index is 12.6. The molecule has 4 nitrogen and oxygen atoms in total. The van der Waals surface area contributed by atoms with Crippen molar-refractivity contribution in [3.8, 4) is 0 Å². The second kappa shape index (κ2) is 7.57. The predicted molar refractivity (Wildman–Crippen MR) is 85.5 cm³/mol. The number of fused-ring (bicyclic) bond motifs is 1. The summed E-state index contributed by atoms with van der Waals surface area (Å²) in [5.41, 5.74) is 2.29. The van der Waals surface area contributed by atoms with Crippen LogP contribution in [0.2, 0.25) is 0 Å². The van der Waals surface area contributed by atoms with Crippen molar-refractivity contribution in [2.24, 2.45) is 5.92 Å². The van der Waals surface area contributed by atoms with Gasteiger partial charge in [0.25, 0.3) is 0 Å². The number of hydrogen-bond donors (Lipinski definition) is 1. The van der Waals surface area contributed by atoms with Crippen LogP contribution < -0.4 is 10.2 Å². The Hall–Kier alpha value is -1.39. The van der Waals surface area contributed by atoms with E-state index < -0.39 is 0 Å². The summed E-state index contributed by atoms with van der Waals surface area (Å²) in [6, 6.07) is 8.57. The average molecular weight is 290 g/mol. The third-order valence-electron chi connectivity index (χ3n) is 4.10. The molecule has 1 N–H and O–H groups in total. The molecular formula is C17H26N2O2. The lowest BCUT2D eigenvalue weighted by atomic mass is 10.0. The number of nitrogens with zero attached hydrogens (tertiary/aromatic N) is 1. The molecule has 0 fully saturated rings. The van der Waals surface area contributed by atoms with Crippen molar-refractivity contribution >= 4 is 11.6 Å². The van der Waals surface area contributed by atoms with E-state index in [1.54, 1.807) is 7.11 Å². The van der Waals surface area contributed by atoms with E-state index in [4.69, 9.17) is 4.74 Å². The Morgan fingerprint density at radius 3 is 2.95 bits per heavy atom. The van der Waals surface area contributed by atoms with E-state index in [1.807, 2.05) is 24.1 Å². The molecule has 0 spiro atoms. The van der Waals surface area contributed by atoms with Crippen molar-refractivity contribution in [1.29, 1.82) is 0 Å². The predicted octanol–water partition coefficient (Wildman–Crippen LogP) is 2.75. The van der Waals surface area contributed by atoms with Crippen molar-refractivity contribution in [3.63, 3.8) is 0 Å². The van der Waals surface area contributed by atoms with Crippen molar-refractivity contribution in [1.82, 2.24) is 5.32 Å². The van der Waals surface area contributed by atoms with E-state index in [-0.39, 0.29) is 11.8 Å². The van der Waals surface area contributed by atoms with Gasteiger partial charge >= 0.3 is 0 Å². The van der Waals surface area contributed by atoms with Crippen molar-refractivity contribution in [3.05, 3.63) is 29.8 Å². The molecule has 1 aliphatic heterocycles. The summed E-state index contributed by atoms with van der Waals surface area (Å²) in [6.45, 7) is 3.48. The number of benzene rings is 1. The van der Waals surface area contributed by atoms with Crippen LogP contribution in [-0.4, -0.2) is 33.2 Å². The van der Waals surface area contributed by atoms with E-state index in [0.29, 0.717) is 19.1 Å². The molecule has 1 aromatic rings. The van der Waals surface area contributed by atoms with Gasteiger partial charge in [0, 0.05) is 38.4 Å². The Labute approximate surface area is 127 Å². The number of rotatable bonds is 5. The lowest BCUT2D eigenvalue weighted by Crippen LogP contribution is -2.33. The summed E-state index contributed by atoms with van der Waals surface area (Å²) in [6.07, 6.45) is 2.61. The van der Waals surface area contributed by atoms with Crippen LogP contribution in [0.25, 0.3) is 0 Å². The molecule has 0 radical (unpaired) electrons. The third kappa shape index (κ3) is 3.83. The van der Waals surface area contributed by atoms with Crippen LogP contribution in [0.3, 0.4) is 0 Å². The molecule has 21 heavy (non-hydrogen) atoms. The molecule has 0 saturated carbocycles. The molecule has 1 heterocycles. The van der Waals surface area contributed by atoms with Gasteiger partial charge in [0.2, 0.25) is 5.91 Å². The zero-order valence-corrected chi connectivity index (χ0v) is 13.3. The van der Waals surface area contributed by atoms with Gasteiger partial charge in [-0.1, -0.05) is 25.1 Å². The lowest BCUT2D eigenvalue weighted by Gasteiger charge is -2.25. The average Bonchev–Trinajstić information content (AvgIpc) is 2.66. The van der Waals surface area contributed by atoms with Crippen LogP contribution in [0, 0.1) is 5.92 Å². The van der Waals surface area contributed by atoms with Gasteiger partial charge in [0.1, 0.15) is 0 Å². The Bertz CT molecular complexity index is 476. The van der Waals surface area contributed by atoms with Crippen molar-refractivity contribution < 1.29 is 9.53 Å². The van der Waals surface area contributed by atoms with Crippen LogP contribution in [0.1, 0.15) is 37.8 Å². The van der Waals surface area contributed by atoms with Crippen LogP contribution in [0.4, 0.5) is 5.69 Å². The van der Waals surface area contributed by atoms with Gasteiger partial charge in [-0.2, -0.15) is 0 Å². The molecule has 116 valence electrons. The fourth-order valence-corrected chi connectivity index (χ4v) is 3.07. The zero-order chi connectivity index (χ0) is 15.2. The number of carbonyl (C=O) groups excluding carboxylic acids is 1. The third-order valence-corrected chi connectivity index (χ3v) is 4.10. The minimum Gasteiger partial charge on any atom is -0.384 e. The molecule has 0 bridgehead atoms. The number of nitrogens with one attached hydrogen (secondary N) is 1. The Kier molecular flexibility index (Phi) is 5.76. The first-order valence-corrected chi connectivity index (χ1v) is 7.72. The van der Waals surface area contributed by atoms with Crippen LogP contribution in [-0.2, 0) is 9.53 Å². The Morgan fingerprint density at radius 1 is 1.48 bits per heavy atom. The van der Waals surface area contributed by atoms with Gasteiger partial charge in [-0.15, -0.1) is 0 Å². The molecular weight excluding hydrogens is 264 g/mol. The largest absolute Gasteiger partial charge is 0.384 e. The highest BCUT2D eigenvalue weighted by molar-refractivity contribution is 5.94. The first-order chi connectivity index (χ1) is 10.2. The van der Waals surface area contributed by atoms with Gasteiger partial charge < -0.3 is 15.0 Å². The molecule has 1 aromatic carbocycles. The topological polar surface area (TPSA) is 41.6 Å². The van der Waals surface area contributed by atoms with E-state index in [2.05, 4.69) is 24.4 Å². The molecule has 1 aliphatic rings. The monoisotopic (exact) mass is 290 g/mol. The maximum Gasteiger partial charge on any atom is 0.227 e. The minimum atomic E-state index is 0.198. The number of anilines is 1. The second-order valence-electron chi connectivity index (χ2n) is 5.85. The number of methoxy groups -OCH3 is 1. The normalized spacial score (nSPS) is 19.8. The molecule has 2 rings (SSSR count). The first-order valence-electron chi connectivity index (χ1n) is 7.72. The fraction of sp³-hybridized carbons (Fsp3) is 0.588. The highest BCUT2D eigenvalue weighted by Gasteiger charge is 2.26. The molecule has 2 unspecified atom stereocenters. The molecule has 2 atom stereocenters. The molecule has 1 amide bonds. The van der Waals surface area contributed by atoms with E-state index in [1.165, 1.54) is 5.56 Å².